The second-order valence-electron chi connectivity index (χ2n) is 5.25. The van der Waals surface area contributed by atoms with Gasteiger partial charge in [-0.25, -0.2) is 12.8 Å². The number of sulfonamides is 1. The lowest BCUT2D eigenvalue weighted by Gasteiger charge is -2.07. The molecule has 0 aromatic heterocycles. The standard InChI is InChI=1S/C17H16FNO5S2/c1-26(22,23)19-13-8-6-12(7-9-13)15(20)10-24-17(21)11-25-16-5-3-2-4-14(16)18/h2-9,19H,10-11H2,1H3. The van der Waals surface area contributed by atoms with Crippen molar-refractivity contribution in [2.24, 2.45) is 0 Å². The van der Waals surface area contributed by atoms with E-state index in [-0.39, 0.29) is 11.3 Å². The molecule has 0 spiro atoms. The van der Waals surface area contributed by atoms with Crippen molar-refractivity contribution in [3.63, 3.8) is 0 Å². The number of carbonyl (C=O) groups excluding carboxylic acids is 2. The average Bonchev–Trinajstić information content (AvgIpc) is 2.58. The predicted octanol–water partition coefficient (Wildman–Crippen LogP) is 2.72. The normalized spacial score (nSPS) is 11.0. The Morgan fingerprint density at radius 2 is 1.77 bits per heavy atom. The Labute approximate surface area is 154 Å². The number of Topliss-reactive ketones (excluding diaryl/α,β-unsaturated/α-hetero) is 1. The topological polar surface area (TPSA) is 89.5 Å². The molecule has 0 radical (unpaired) electrons. The fourth-order valence-corrected chi connectivity index (χ4v) is 3.21. The number of thioether (sulfide) groups is 1. The van der Waals surface area contributed by atoms with Crippen LogP contribution in [-0.4, -0.2) is 38.8 Å². The number of hydrogen-bond acceptors (Lipinski definition) is 6. The van der Waals surface area contributed by atoms with E-state index in [4.69, 9.17) is 4.74 Å². The Morgan fingerprint density at radius 1 is 1.12 bits per heavy atom. The Kier molecular flexibility index (Phi) is 6.76. The van der Waals surface area contributed by atoms with Crippen LogP contribution in [0.15, 0.2) is 53.4 Å². The summed E-state index contributed by atoms with van der Waals surface area (Å²) in [5, 5.41) is 0. The first-order valence-corrected chi connectivity index (χ1v) is 10.3. The fourth-order valence-electron chi connectivity index (χ4n) is 1.91. The van der Waals surface area contributed by atoms with Gasteiger partial charge in [0.1, 0.15) is 5.82 Å². The van der Waals surface area contributed by atoms with Gasteiger partial charge in [0.15, 0.2) is 12.4 Å². The van der Waals surface area contributed by atoms with Crippen LogP contribution in [0.25, 0.3) is 0 Å². The smallest absolute Gasteiger partial charge is 0.316 e. The van der Waals surface area contributed by atoms with Crippen molar-refractivity contribution in [1.29, 1.82) is 0 Å². The predicted molar refractivity (Wildman–Crippen MR) is 97.3 cm³/mol. The summed E-state index contributed by atoms with van der Waals surface area (Å²) in [5.74, 6) is -1.61. The monoisotopic (exact) mass is 397 g/mol. The number of anilines is 1. The number of ether oxygens (including phenoxy) is 1. The number of benzene rings is 2. The average molecular weight is 397 g/mol. The molecule has 2 aromatic rings. The minimum absolute atomic E-state index is 0.120. The maximum absolute atomic E-state index is 13.4. The molecule has 0 saturated heterocycles. The molecule has 0 bridgehead atoms. The quantitative estimate of drug-likeness (QED) is 0.419. The summed E-state index contributed by atoms with van der Waals surface area (Å²) < 4.78 is 42.8. The highest BCUT2D eigenvalue weighted by Crippen LogP contribution is 2.21. The largest absolute Gasteiger partial charge is 0.457 e. The summed E-state index contributed by atoms with van der Waals surface area (Å²) in [6, 6.07) is 11.8. The Hall–Kier alpha value is -2.39. The zero-order valence-corrected chi connectivity index (χ0v) is 15.4. The molecule has 0 heterocycles. The second kappa shape index (κ2) is 8.81. The maximum Gasteiger partial charge on any atom is 0.316 e. The van der Waals surface area contributed by atoms with Crippen LogP contribution < -0.4 is 4.72 Å². The molecule has 0 saturated carbocycles. The van der Waals surface area contributed by atoms with E-state index < -0.39 is 34.2 Å². The molecule has 9 heteroatoms. The number of nitrogens with one attached hydrogen (secondary N) is 1. The Bertz CT molecular complexity index is 898. The van der Waals surface area contributed by atoms with Crippen LogP contribution in [0.5, 0.6) is 0 Å². The fraction of sp³-hybridized carbons (Fsp3) is 0.176. The molecule has 1 N–H and O–H groups in total. The van der Waals surface area contributed by atoms with Crippen molar-refractivity contribution in [2.75, 3.05) is 23.3 Å². The first kappa shape index (κ1) is 19.9. The molecule has 0 unspecified atom stereocenters. The third-order valence-corrected chi connectivity index (χ3v) is 4.69. The SMILES string of the molecule is CS(=O)(=O)Nc1ccc(C(=O)COC(=O)CSc2ccccc2F)cc1. The number of hydrogen-bond donors (Lipinski definition) is 1. The van der Waals surface area contributed by atoms with Crippen molar-refractivity contribution in [3.05, 3.63) is 59.9 Å². The summed E-state index contributed by atoms with van der Waals surface area (Å²) in [5.41, 5.74) is 0.598. The molecule has 0 fully saturated rings. The number of ketones is 1. The van der Waals surface area contributed by atoms with Crippen LogP contribution in [0.2, 0.25) is 0 Å². The van der Waals surface area contributed by atoms with Crippen LogP contribution >= 0.6 is 11.8 Å². The van der Waals surface area contributed by atoms with Gasteiger partial charge in [-0.15, -0.1) is 11.8 Å². The molecule has 0 aliphatic rings. The number of rotatable bonds is 8. The van der Waals surface area contributed by atoms with Gasteiger partial charge >= 0.3 is 5.97 Å². The molecule has 138 valence electrons. The number of carbonyl (C=O) groups is 2. The third kappa shape index (κ3) is 6.49. The molecular weight excluding hydrogens is 381 g/mol. The van der Waals surface area contributed by atoms with Crippen LogP contribution in [-0.2, 0) is 19.6 Å². The van der Waals surface area contributed by atoms with Crippen LogP contribution in [0.1, 0.15) is 10.4 Å². The zero-order valence-electron chi connectivity index (χ0n) is 13.8. The van der Waals surface area contributed by atoms with Crippen molar-refractivity contribution >= 4 is 39.2 Å². The maximum atomic E-state index is 13.4. The lowest BCUT2D eigenvalue weighted by Crippen LogP contribution is -2.15. The molecular formula is C17H16FNO5S2. The van der Waals surface area contributed by atoms with Crippen LogP contribution in [0, 0.1) is 5.82 Å². The number of esters is 1. The molecule has 26 heavy (non-hydrogen) atoms. The summed E-state index contributed by atoms with van der Waals surface area (Å²) in [6.07, 6.45) is 1.02. The Morgan fingerprint density at radius 3 is 2.38 bits per heavy atom. The minimum atomic E-state index is -3.40. The molecule has 0 amide bonds. The minimum Gasteiger partial charge on any atom is -0.457 e. The van der Waals surface area contributed by atoms with Crippen LogP contribution in [0.3, 0.4) is 0 Å². The Balaban J connectivity index is 1.82. The van der Waals surface area contributed by atoms with Crippen molar-refractivity contribution in [2.45, 2.75) is 4.90 Å². The van der Waals surface area contributed by atoms with E-state index in [1.807, 2.05) is 0 Å². The highest BCUT2D eigenvalue weighted by molar-refractivity contribution is 8.00. The van der Waals surface area contributed by atoms with Gasteiger partial charge in [0.05, 0.1) is 12.0 Å². The lowest BCUT2D eigenvalue weighted by atomic mass is 10.1. The van der Waals surface area contributed by atoms with Gasteiger partial charge in [-0.05, 0) is 36.4 Å². The summed E-state index contributed by atoms with van der Waals surface area (Å²) >= 11 is 0.984. The second-order valence-corrected chi connectivity index (χ2v) is 8.02. The van der Waals surface area contributed by atoms with Crippen molar-refractivity contribution in [3.8, 4) is 0 Å². The van der Waals surface area contributed by atoms with Gasteiger partial charge in [0, 0.05) is 16.1 Å². The summed E-state index contributed by atoms with van der Waals surface area (Å²) in [4.78, 5) is 24.0. The molecule has 0 aliphatic carbocycles. The zero-order chi connectivity index (χ0) is 19.2. The van der Waals surface area contributed by atoms with E-state index in [2.05, 4.69) is 4.72 Å². The lowest BCUT2D eigenvalue weighted by molar-refractivity contribution is -0.139. The van der Waals surface area contributed by atoms with E-state index >= 15 is 0 Å². The van der Waals surface area contributed by atoms with Gasteiger partial charge in [-0.3, -0.25) is 14.3 Å². The van der Waals surface area contributed by atoms with E-state index in [1.165, 1.54) is 30.3 Å². The van der Waals surface area contributed by atoms with Gasteiger partial charge in [-0.2, -0.15) is 0 Å². The molecule has 6 nitrogen and oxygen atoms in total. The van der Waals surface area contributed by atoms with Gasteiger partial charge < -0.3 is 4.74 Å². The third-order valence-electron chi connectivity index (χ3n) is 3.06. The molecule has 2 rings (SSSR count). The first-order chi connectivity index (χ1) is 12.2. The van der Waals surface area contributed by atoms with E-state index in [0.29, 0.717) is 10.6 Å². The first-order valence-electron chi connectivity index (χ1n) is 7.38. The molecule has 2 aromatic carbocycles. The van der Waals surface area contributed by atoms with Crippen LogP contribution in [0.4, 0.5) is 10.1 Å². The highest BCUT2D eigenvalue weighted by Gasteiger charge is 2.12. The number of halogens is 1. The van der Waals surface area contributed by atoms with E-state index in [0.717, 1.165) is 18.0 Å². The van der Waals surface area contributed by atoms with Gasteiger partial charge in [-0.1, -0.05) is 12.1 Å². The van der Waals surface area contributed by atoms with Gasteiger partial charge in [0.25, 0.3) is 0 Å². The van der Waals surface area contributed by atoms with E-state index in [9.17, 15) is 22.4 Å². The summed E-state index contributed by atoms with van der Waals surface area (Å²) in [6.45, 7) is -0.449. The molecule has 0 aliphatic heterocycles. The highest BCUT2D eigenvalue weighted by atomic mass is 32.2. The van der Waals surface area contributed by atoms with Crippen molar-refractivity contribution in [1.82, 2.24) is 0 Å². The molecule has 0 atom stereocenters. The van der Waals surface area contributed by atoms with E-state index in [1.54, 1.807) is 18.2 Å². The van der Waals surface area contributed by atoms with Crippen molar-refractivity contribution < 1.29 is 27.1 Å². The summed E-state index contributed by atoms with van der Waals surface area (Å²) in [7, 11) is -3.40. The van der Waals surface area contributed by atoms with Gasteiger partial charge in [0.2, 0.25) is 10.0 Å².